The number of morpholine rings is 1. The highest BCUT2D eigenvalue weighted by Crippen LogP contribution is 2.28. The van der Waals surface area contributed by atoms with E-state index in [2.05, 4.69) is 26.6 Å². The fourth-order valence-electron chi connectivity index (χ4n) is 2.05. The normalized spacial score (nSPS) is 17.7. The summed E-state index contributed by atoms with van der Waals surface area (Å²) in [6, 6.07) is 5.63. The molecule has 0 aromatic heterocycles. The van der Waals surface area contributed by atoms with E-state index >= 15 is 0 Å². The molecule has 1 aliphatic rings. The van der Waals surface area contributed by atoms with Crippen LogP contribution in [-0.4, -0.2) is 38.3 Å². The van der Waals surface area contributed by atoms with Crippen molar-refractivity contribution < 1.29 is 14.3 Å². The number of ether oxygens (including phenoxy) is 2. The molecule has 0 aliphatic carbocycles. The SMILES string of the molecule is CCOc1cc(Br)ccc1NC(=O)CC1COCCN1.Cl. The molecule has 0 saturated carbocycles. The Morgan fingerprint density at radius 1 is 1.57 bits per heavy atom. The second-order valence-corrected chi connectivity index (χ2v) is 5.47. The third kappa shape index (κ3) is 5.82. The van der Waals surface area contributed by atoms with Crippen molar-refractivity contribution in [1.82, 2.24) is 5.32 Å². The van der Waals surface area contributed by atoms with Gasteiger partial charge in [0.25, 0.3) is 0 Å². The largest absolute Gasteiger partial charge is 0.492 e. The van der Waals surface area contributed by atoms with Crippen molar-refractivity contribution in [3.63, 3.8) is 0 Å². The van der Waals surface area contributed by atoms with Crippen molar-refractivity contribution in [2.45, 2.75) is 19.4 Å². The Labute approximate surface area is 139 Å². The topological polar surface area (TPSA) is 59.6 Å². The number of hydrogen-bond donors (Lipinski definition) is 2. The van der Waals surface area contributed by atoms with E-state index < -0.39 is 0 Å². The summed E-state index contributed by atoms with van der Waals surface area (Å²) in [6.45, 7) is 4.54. The monoisotopic (exact) mass is 378 g/mol. The van der Waals surface area contributed by atoms with Gasteiger partial charge in [0.1, 0.15) is 5.75 Å². The third-order valence-corrected chi connectivity index (χ3v) is 3.44. The van der Waals surface area contributed by atoms with Crippen LogP contribution in [0.2, 0.25) is 0 Å². The van der Waals surface area contributed by atoms with Crippen LogP contribution in [0.15, 0.2) is 22.7 Å². The van der Waals surface area contributed by atoms with E-state index in [1.807, 2.05) is 25.1 Å². The van der Waals surface area contributed by atoms with Gasteiger partial charge in [-0.15, -0.1) is 12.4 Å². The van der Waals surface area contributed by atoms with Gasteiger partial charge in [0.2, 0.25) is 5.91 Å². The molecule has 7 heteroatoms. The van der Waals surface area contributed by atoms with Gasteiger partial charge >= 0.3 is 0 Å². The minimum Gasteiger partial charge on any atom is -0.492 e. The molecule has 118 valence electrons. The zero-order valence-electron chi connectivity index (χ0n) is 11.9. The minimum absolute atomic E-state index is 0. The quantitative estimate of drug-likeness (QED) is 0.825. The van der Waals surface area contributed by atoms with Gasteiger partial charge in [-0.1, -0.05) is 15.9 Å². The maximum Gasteiger partial charge on any atom is 0.226 e. The minimum atomic E-state index is -0.0451. The van der Waals surface area contributed by atoms with Gasteiger partial charge in [0, 0.05) is 23.5 Å². The molecular weight excluding hydrogens is 360 g/mol. The molecule has 2 N–H and O–H groups in total. The average molecular weight is 380 g/mol. The van der Waals surface area contributed by atoms with Crippen LogP contribution in [0, 0.1) is 0 Å². The number of hydrogen-bond acceptors (Lipinski definition) is 4. The molecular formula is C14H20BrClN2O3. The van der Waals surface area contributed by atoms with Gasteiger partial charge in [-0.05, 0) is 25.1 Å². The van der Waals surface area contributed by atoms with Crippen molar-refractivity contribution in [3.05, 3.63) is 22.7 Å². The predicted molar refractivity (Wildman–Crippen MR) is 88.4 cm³/mol. The Balaban J connectivity index is 0.00000220. The molecule has 1 amide bonds. The molecule has 0 spiro atoms. The number of nitrogens with one attached hydrogen (secondary N) is 2. The van der Waals surface area contributed by atoms with Crippen molar-refractivity contribution in [2.75, 3.05) is 31.7 Å². The lowest BCUT2D eigenvalue weighted by Gasteiger charge is -2.23. The molecule has 2 rings (SSSR count). The summed E-state index contributed by atoms with van der Waals surface area (Å²) in [5, 5.41) is 6.15. The highest BCUT2D eigenvalue weighted by atomic mass is 79.9. The molecule has 0 radical (unpaired) electrons. The van der Waals surface area contributed by atoms with E-state index in [4.69, 9.17) is 9.47 Å². The van der Waals surface area contributed by atoms with Gasteiger partial charge in [-0.25, -0.2) is 0 Å². The molecule has 0 bridgehead atoms. The summed E-state index contributed by atoms with van der Waals surface area (Å²) < 4.78 is 11.8. The Hall–Kier alpha value is -0.820. The number of rotatable bonds is 5. The first-order chi connectivity index (χ1) is 9.69. The maximum atomic E-state index is 12.0. The number of anilines is 1. The second kappa shape index (κ2) is 9.25. The summed E-state index contributed by atoms with van der Waals surface area (Å²) in [6.07, 6.45) is 0.391. The van der Waals surface area contributed by atoms with Crippen molar-refractivity contribution in [1.29, 1.82) is 0 Å². The first-order valence-electron chi connectivity index (χ1n) is 6.72. The number of carbonyl (C=O) groups is 1. The van der Waals surface area contributed by atoms with Crippen LogP contribution < -0.4 is 15.4 Å². The summed E-state index contributed by atoms with van der Waals surface area (Å²) in [5.41, 5.74) is 0.691. The molecule has 1 fully saturated rings. The fourth-order valence-corrected chi connectivity index (χ4v) is 2.39. The Bertz CT molecular complexity index is 468. The number of amides is 1. The molecule has 1 atom stereocenters. The third-order valence-electron chi connectivity index (χ3n) is 2.95. The standard InChI is InChI=1S/C14H19BrN2O3.ClH/c1-2-20-13-7-10(15)3-4-12(13)17-14(18)8-11-9-19-6-5-16-11;/h3-4,7,11,16H,2,5-6,8-9H2,1H3,(H,17,18);1H. The predicted octanol–water partition coefficient (Wildman–Crippen LogP) is 2.59. The van der Waals surface area contributed by atoms with Crippen LogP contribution in [-0.2, 0) is 9.53 Å². The van der Waals surface area contributed by atoms with Crippen LogP contribution in [0.3, 0.4) is 0 Å². The molecule has 1 unspecified atom stereocenters. The molecule has 21 heavy (non-hydrogen) atoms. The molecule has 1 aromatic rings. The fraction of sp³-hybridized carbons (Fsp3) is 0.500. The van der Waals surface area contributed by atoms with E-state index in [-0.39, 0.29) is 24.4 Å². The van der Waals surface area contributed by atoms with Gasteiger partial charge in [-0.2, -0.15) is 0 Å². The molecule has 1 aromatic carbocycles. The van der Waals surface area contributed by atoms with E-state index in [0.717, 1.165) is 11.0 Å². The summed E-state index contributed by atoms with van der Waals surface area (Å²) in [5.74, 6) is 0.624. The molecule has 5 nitrogen and oxygen atoms in total. The lowest BCUT2D eigenvalue weighted by atomic mass is 10.2. The average Bonchev–Trinajstić information content (AvgIpc) is 2.43. The van der Waals surface area contributed by atoms with Crippen molar-refractivity contribution >= 4 is 39.9 Å². The van der Waals surface area contributed by atoms with Crippen LogP contribution in [0.4, 0.5) is 5.69 Å². The van der Waals surface area contributed by atoms with Crippen molar-refractivity contribution in [3.8, 4) is 5.75 Å². The maximum absolute atomic E-state index is 12.0. The van der Waals surface area contributed by atoms with Gasteiger partial charge in [-0.3, -0.25) is 4.79 Å². The van der Waals surface area contributed by atoms with Gasteiger partial charge in [0.15, 0.2) is 0 Å². The van der Waals surface area contributed by atoms with E-state index in [0.29, 0.717) is 37.7 Å². The smallest absolute Gasteiger partial charge is 0.226 e. The summed E-state index contributed by atoms with van der Waals surface area (Å²) in [7, 11) is 0. The van der Waals surface area contributed by atoms with E-state index in [1.165, 1.54) is 0 Å². The second-order valence-electron chi connectivity index (χ2n) is 4.55. The summed E-state index contributed by atoms with van der Waals surface area (Å²) >= 11 is 3.39. The highest BCUT2D eigenvalue weighted by Gasteiger charge is 2.17. The van der Waals surface area contributed by atoms with Crippen LogP contribution >= 0.6 is 28.3 Å². The number of carbonyl (C=O) groups excluding carboxylic acids is 1. The zero-order chi connectivity index (χ0) is 14.4. The Morgan fingerprint density at radius 3 is 3.05 bits per heavy atom. The highest BCUT2D eigenvalue weighted by molar-refractivity contribution is 9.10. The van der Waals surface area contributed by atoms with Gasteiger partial charge < -0.3 is 20.1 Å². The van der Waals surface area contributed by atoms with Crippen molar-refractivity contribution in [2.24, 2.45) is 0 Å². The zero-order valence-corrected chi connectivity index (χ0v) is 14.3. The van der Waals surface area contributed by atoms with Crippen LogP contribution in [0.1, 0.15) is 13.3 Å². The first kappa shape index (κ1) is 18.2. The first-order valence-corrected chi connectivity index (χ1v) is 7.51. The molecule has 1 heterocycles. The van der Waals surface area contributed by atoms with Crippen LogP contribution in [0.25, 0.3) is 0 Å². The lowest BCUT2D eigenvalue weighted by molar-refractivity contribution is -0.117. The Morgan fingerprint density at radius 2 is 2.38 bits per heavy atom. The van der Waals surface area contributed by atoms with E-state index in [9.17, 15) is 4.79 Å². The lowest BCUT2D eigenvalue weighted by Crippen LogP contribution is -2.43. The van der Waals surface area contributed by atoms with Gasteiger partial charge in [0.05, 0.1) is 25.5 Å². The number of benzene rings is 1. The number of halogens is 2. The molecule has 1 aliphatic heterocycles. The molecule has 1 saturated heterocycles. The summed E-state index contributed by atoms with van der Waals surface area (Å²) in [4.78, 5) is 12.0. The van der Waals surface area contributed by atoms with Crippen LogP contribution in [0.5, 0.6) is 5.75 Å². The van der Waals surface area contributed by atoms with E-state index in [1.54, 1.807) is 0 Å². The Kier molecular flexibility index (Phi) is 8.03.